The second-order valence-corrected chi connectivity index (χ2v) is 6.87. The number of carbonyl (C=O) groups is 1. The molecule has 0 fully saturated rings. The number of amides is 2. The molecule has 0 saturated carbocycles. The Hall–Kier alpha value is -2.76. The molecule has 0 bridgehead atoms. The zero-order valence-corrected chi connectivity index (χ0v) is 16.2. The Morgan fingerprint density at radius 2 is 2.11 bits per heavy atom. The largest absolute Gasteiger partial charge is 0.494 e. The molecule has 6 heteroatoms. The number of fused-ring (bicyclic) bond motifs is 1. The SMILES string of the molecule is CCOc1ccc2c(c1)CN(C(=O)NCc1ccc(OC(C)C)nc1)CC2. The molecule has 1 aliphatic heterocycles. The van der Waals surface area contributed by atoms with E-state index < -0.39 is 0 Å². The molecule has 0 saturated heterocycles. The molecule has 0 aliphatic carbocycles. The van der Waals surface area contributed by atoms with E-state index in [9.17, 15) is 4.79 Å². The van der Waals surface area contributed by atoms with Crippen LogP contribution in [0.15, 0.2) is 36.5 Å². The van der Waals surface area contributed by atoms with Crippen LogP contribution in [0.2, 0.25) is 0 Å². The van der Waals surface area contributed by atoms with E-state index in [0.717, 1.165) is 23.3 Å². The van der Waals surface area contributed by atoms with Gasteiger partial charge in [0.05, 0.1) is 12.7 Å². The molecule has 0 unspecified atom stereocenters. The number of urea groups is 1. The van der Waals surface area contributed by atoms with Crippen LogP contribution in [0.4, 0.5) is 4.79 Å². The lowest BCUT2D eigenvalue weighted by Crippen LogP contribution is -2.42. The molecule has 1 aromatic heterocycles. The molecule has 0 radical (unpaired) electrons. The van der Waals surface area contributed by atoms with Crippen molar-refractivity contribution in [3.05, 3.63) is 53.2 Å². The van der Waals surface area contributed by atoms with Gasteiger partial charge in [0.15, 0.2) is 0 Å². The van der Waals surface area contributed by atoms with Crippen LogP contribution in [0.5, 0.6) is 11.6 Å². The monoisotopic (exact) mass is 369 g/mol. The highest BCUT2D eigenvalue weighted by Gasteiger charge is 2.21. The minimum absolute atomic E-state index is 0.0648. The van der Waals surface area contributed by atoms with Gasteiger partial charge in [0.25, 0.3) is 0 Å². The van der Waals surface area contributed by atoms with Crippen LogP contribution in [-0.2, 0) is 19.5 Å². The van der Waals surface area contributed by atoms with Crippen LogP contribution in [0.25, 0.3) is 0 Å². The van der Waals surface area contributed by atoms with Crippen molar-refractivity contribution in [3.63, 3.8) is 0 Å². The molecule has 2 aromatic rings. The third-order valence-corrected chi connectivity index (χ3v) is 4.39. The fourth-order valence-corrected chi connectivity index (χ4v) is 3.08. The van der Waals surface area contributed by atoms with E-state index >= 15 is 0 Å². The number of ether oxygens (including phenoxy) is 2. The lowest BCUT2D eigenvalue weighted by Gasteiger charge is -2.29. The first-order valence-corrected chi connectivity index (χ1v) is 9.44. The van der Waals surface area contributed by atoms with E-state index in [1.54, 1.807) is 6.20 Å². The zero-order valence-electron chi connectivity index (χ0n) is 16.2. The molecular formula is C21H27N3O3. The van der Waals surface area contributed by atoms with E-state index in [-0.39, 0.29) is 12.1 Å². The van der Waals surface area contributed by atoms with Gasteiger partial charge in [-0.3, -0.25) is 0 Å². The Balaban J connectivity index is 1.55. The van der Waals surface area contributed by atoms with Gasteiger partial charge in [-0.2, -0.15) is 0 Å². The molecule has 144 valence electrons. The highest BCUT2D eigenvalue weighted by Crippen LogP contribution is 2.24. The highest BCUT2D eigenvalue weighted by atomic mass is 16.5. The first kappa shape index (κ1) is 19.0. The lowest BCUT2D eigenvalue weighted by molar-refractivity contribution is 0.191. The summed E-state index contributed by atoms with van der Waals surface area (Å²) in [6.07, 6.45) is 2.68. The third kappa shape index (κ3) is 5.12. The number of carbonyl (C=O) groups excluding carboxylic acids is 1. The van der Waals surface area contributed by atoms with Crippen molar-refractivity contribution in [2.75, 3.05) is 13.2 Å². The van der Waals surface area contributed by atoms with Crippen molar-refractivity contribution in [3.8, 4) is 11.6 Å². The number of rotatable bonds is 6. The Morgan fingerprint density at radius 1 is 1.26 bits per heavy atom. The molecule has 2 heterocycles. The summed E-state index contributed by atoms with van der Waals surface area (Å²) >= 11 is 0. The maximum atomic E-state index is 12.5. The third-order valence-electron chi connectivity index (χ3n) is 4.39. The summed E-state index contributed by atoms with van der Waals surface area (Å²) in [6.45, 7) is 8.28. The summed E-state index contributed by atoms with van der Waals surface area (Å²) in [5, 5.41) is 2.97. The second-order valence-electron chi connectivity index (χ2n) is 6.87. The van der Waals surface area contributed by atoms with E-state index in [2.05, 4.69) is 16.4 Å². The minimum Gasteiger partial charge on any atom is -0.494 e. The van der Waals surface area contributed by atoms with E-state index in [4.69, 9.17) is 9.47 Å². The van der Waals surface area contributed by atoms with Crippen molar-refractivity contribution in [2.24, 2.45) is 0 Å². The Morgan fingerprint density at radius 3 is 2.81 bits per heavy atom. The topological polar surface area (TPSA) is 63.7 Å². The number of nitrogens with one attached hydrogen (secondary N) is 1. The van der Waals surface area contributed by atoms with Crippen molar-refractivity contribution in [1.29, 1.82) is 0 Å². The highest BCUT2D eigenvalue weighted by molar-refractivity contribution is 5.74. The van der Waals surface area contributed by atoms with Gasteiger partial charge in [-0.1, -0.05) is 12.1 Å². The summed E-state index contributed by atoms with van der Waals surface area (Å²) in [6, 6.07) is 9.82. The zero-order chi connectivity index (χ0) is 19.2. The standard InChI is InChI=1S/C21H27N3O3/c1-4-26-19-7-6-17-9-10-24(14-18(17)11-19)21(25)23-13-16-5-8-20(22-12-16)27-15(2)3/h5-8,11-12,15H,4,9-10,13-14H2,1-3H3,(H,23,25). The van der Waals surface area contributed by atoms with Crippen molar-refractivity contribution in [1.82, 2.24) is 15.2 Å². The van der Waals surface area contributed by atoms with Gasteiger partial charge in [-0.25, -0.2) is 9.78 Å². The maximum absolute atomic E-state index is 12.5. The smallest absolute Gasteiger partial charge is 0.317 e. The van der Waals surface area contributed by atoms with Gasteiger partial charge < -0.3 is 19.7 Å². The van der Waals surface area contributed by atoms with Gasteiger partial charge >= 0.3 is 6.03 Å². The van der Waals surface area contributed by atoms with Gasteiger partial charge in [0, 0.05) is 31.9 Å². The summed E-state index contributed by atoms with van der Waals surface area (Å²) in [5.41, 5.74) is 3.38. The first-order chi connectivity index (χ1) is 13.0. The summed E-state index contributed by atoms with van der Waals surface area (Å²) < 4.78 is 11.1. The van der Waals surface area contributed by atoms with E-state index in [1.165, 1.54) is 5.56 Å². The minimum atomic E-state index is -0.0648. The molecule has 6 nitrogen and oxygen atoms in total. The number of hydrogen-bond acceptors (Lipinski definition) is 4. The van der Waals surface area contributed by atoms with Crippen LogP contribution in [0.1, 0.15) is 37.5 Å². The van der Waals surface area contributed by atoms with Gasteiger partial charge in [-0.05, 0) is 56.0 Å². The number of hydrogen-bond donors (Lipinski definition) is 1. The van der Waals surface area contributed by atoms with Crippen molar-refractivity contribution < 1.29 is 14.3 Å². The molecular weight excluding hydrogens is 342 g/mol. The number of pyridine rings is 1. The molecule has 1 aromatic carbocycles. The molecule has 3 rings (SSSR count). The molecule has 2 amide bonds. The maximum Gasteiger partial charge on any atom is 0.317 e. The first-order valence-electron chi connectivity index (χ1n) is 9.44. The normalized spacial score (nSPS) is 13.3. The van der Waals surface area contributed by atoms with E-state index in [1.807, 2.05) is 49.9 Å². The average molecular weight is 369 g/mol. The van der Waals surface area contributed by atoms with Gasteiger partial charge in [-0.15, -0.1) is 0 Å². The predicted molar refractivity (Wildman–Crippen MR) is 104 cm³/mol. The summed E-state index contributed by atoms with van der Waals surface area (Å²) in [4.78, 5) is 18.6. The molecule has 0 atom stereocenters. The van der Waals surface area contributed by atoms with Crippen LogP contribution < -0.4 is 14.8 Å². The number of benzene rings is 1. The van der Waals surface area contributed by atoms with Crippen LogP contribution >= 0.6 is 0 Å². The quantitative estimate of drug-likeness (QED) is 0.846. The van der Waals surface area contributed by atoms with Crippen molar-refractivity contribution >= 4 is 6.03 Å². The van der Waals surface area contributed by atoms with Gasteiger partial charge in [0.1, 0.15) is 5.75 Å². The summed E-state index contributed by atoms with van der Waals surface area (Å²) in [5.74, 6) is 1.45. The average Bonchev–Trinajstić information content (AvgIpc) is 2.66. The molecule has 27 heavy (non-hydrogen) atoms. The number of nitrogens with zero attached hydrogens (tertiary/aromatic N) is 2. The summed E-state index contributed by atoms with van der Waals surface area (Å²) in [7, 11) is 0. The predicted octanol–water partition coefficient (Wildman–Crippen LogP) is 3.54. The molecule has 1 aliphatic rings. The fourth-order valence-electron chi connectivity index (χ4n) is 3.08. The van der Waals surface area contributed by atoms with Crippen LogP contribution in [0, 0.1) is 0 Å². The second kappa shape index (κ2) is 8.75. The van der Waals surface area contributed by atoms with Crippen molar-refractivity contribution in [2.45, 2.75) is 46.4 Å². The lowest BCUT2D eigenvalue weighted by atomic mass is 10.00. The van der Waals surface area contributed by atoms with Gasteiger partial charge in [0.2, 0.25) is 5.88 Å². The fraction of sp³-hybridized carbons (Fsp3) is 0.429. The molecule has 1 N–H and O–H groups in total. The Bertz CT molecular complexity index is 775. The van der Waals surface area contributed by atoms with Crippen LogP contribution in [-0.4, -0.2) is 35.2 Å². The number of aromatic nitrogens is 1. The Labute approximate surface area is 160 Å². The molecule has 0 spiro atoms. The van der Waals surface area contributed by atoms with Crippen LogP contribution in [0.3, 0.4) is 0 Å². The van der Waals surface area contributed by atoms with E-state index in [0.29, 0.717) is 32.1 Å². The Kier molecular flexibility index (Phi) is 6.16.